The Morgan fingerprint density at radius 3 is 2.86 bits per heavy atom. The lowest BCUT2D eigenvalue weighted by atomic mass is 10.2. The molecule has 0 bridgehead atoms. The van der Waals surface area contributed by atoms with Crippen LogP contribution in [0.4, 0.5) is 10.2 Å². The van der Waals surface area contributed by atoms with Gasteiger partial charge in [-0.2, -0.15) is 0 Å². The normalized spacial score (nSPS) is 10.4. The Kier molecular flexibility index (Phi) is 8.35. The third kappa shape index (κ3) is 6.53. The van der Waals surface area contributed by atoms with Crippen molar-refractivity contribution in [2.24, 2.45) is 0 Å². The number of amides is 1. The zero-order valence-corrected chi connectivity index (χ0v) is 12.7. The fourth-order valence-electron chi connectivity index (χ4n) is 1.84. The molecule has 2 N–H and O–H groups in total. The number of aromatic nitrogens is 1. The van der Waals surface area contributed by atoms with Gasteiger partial charge in [0.15, 0.2) is 0 Å². The SMILES string of the molecule is CCCNc1ncc(F)cc1C(=O)NCCCCCOC. The number of hydrogen-bond acceptors (Lipinski definition) is 4. The van der Waals surface area contributed by atoms with Crippen LogP contribution in [-0.2, 0) is 4.74 Å². The van der Waals surface area contributed by atoms with E-state index in [0.717, 1.165) is 38.5 Å². The second kappa shape index (κ2) is 10.1. The first-order chi connectivity index (χ1) is 10.2. The highest BCUT2D eigenvalue weighted by atomic mass is 19.1. The molecule has 0 aliphatic heterocycles. The molecule has 1 aromatic rings. The third-order valence-corrected chi connectivity index (χ3v) is 2.95. The van der Waals surface area contributed by atoms with E-state index in [0.29, 0.717) is 18.9 Å². The van der Waals surface area contributed by atoms with Gasteiger partial charge in [0, 0.05) is 26.8 Å². The summed E-state index contributed by atoms with van der Waals surface area (Å²) in [7, 11) is 1.67. The van der Waals surface area contributed by atoms with Crippen LogP contribution in [0.5, 0.6) is 0 Å². The Labute approximate surface area is 125 Å². The molecule has 0 unspecified atom stereocenters. The van der Waals surface area contributed by atoms with Crippen molar-refractivity contribution < 1.29 is 13.9 Å². The number of pyridine rings is 1. The quantitative estimate of drug-likeness (QED) is 0.652. The molecule has 0 aliphatic carbocycles. The van der Waals surface area contributed by atoms with Gasteiger partial charge in [0.2, 0.25) is 0 Å². The highest BCUT2D eigenvalue weighted by Crippen LogP contribution is 2.13. The molecular formula is C15H24FN3O2. The van der Waals surface area contributed by atoms with Gasteiger partial charge in [-0.3, -0.25) is 4.79 Å². The van der Waals surface area contributed by atoms with E-state index in [1.807, 2.05) is 6.92 Å². The maximum Gasteiger partial charge on any atom is 0.255 e. The summed E-state index contributed by atoms with van der Waals surface area (Å²) in [6.07, 6.45) is 4.84. The first-order valence-electron chi connectivity index (χ1n) is 7.35. The largest absolute Gasteiger partial charge is 0.385 e. The van der Waals surface area contributed by atoms with Gasteiger partial charge in [0.05, 0.1) is 11.8 Å². The molecule has 0 spiro atoms. The smallest absolute Gasteiger partial charge is 0.255 e. The zero-order valence-electron chi connectivity index (χ0n) is 12.7. The summed E-state index contributed by atoms with van der Waals surface area (Å²) < 4.78 is 18.2. The van der Waals surface area contributed by atoms with Gasteiger partial charge in [-0.15, -0.1) is 0 Å². The number of carbonyl (C=O) groups is 1. The van der Waals surface area contributed by atoms with Crippen LogP contribution in [0.25, 0.3) is 0 Å². The van der Waals surface area contributed by atoms with Crippen LogP contribution >= 0.6 is 0 Å². The van der Waals surface area contributed by atoms with Crippen LogP contribution in [0.3, 0.4) is 0 Å². The van der Waals surface area contributed by atoms with Gasteiger partial charge in [-0.05, 0) is 31.7 Å². The standard InChI is InChI=1S/C15H24FN3O2/c1-3-7-17-14-13(10-12(16)11-19-14)15(20)18-8-5-4-6-9-21-2/h10-11H,3-9H2,1-2H3,(H,17,19)(H,18,20). The minimum Gasteiger partial charge on any atom is -0.385 e. The van der Waals surface area contributed by atoms with Crippen molar-refractivity contribution in [3.63, 3.8) is 0 Å². The molecule has 1 heterocycles. The summed E-state index contributed by atoms with van der Waals surface area (Å²) in [6.45, 7) is 3.99. The molecule has 5 nitrogen and oxygen atoms in total. The molecule has 1 amide bonds. The van der Waals surface area contributed by atoms with Gasteiger partial charge in [0.25, 0.3) is 5.91 Å². The summed E-state index contributed by atoms with van der Waals surface area (Å²) in [5, 5.41) is 5.83. The lowest BCUT2D eigenvalue weighted by molar-refractivity contribution is 0.0952. The Bertz CT molecular complexity index is 441. The highest BCUT2D eigenvalue weighted by Gasteiger charge is 2.13. The van der Waals surface area contributed by atoms with Gasteiger partial charge in [-0.25, -0.2) is 9.37 Å². The average molecular weight is 297 g/mol. The Balaban J connectivity index is 2.50. The second-order valence-corrected chi connectivity index (χ2v) is 4.79. The number of nitrogens with one attached hydrogen (secondary N) is 2. The Hall–Kier alpha value is -1.69. The molecule has 0 aromatic carbocycles. The predicted octanol–water partition coefficient (Wildman–Crippen LogP) is 2.59. The van der Waals surface area contributed by atoms with Crippen LogP contribution in [0.15, 0.2) is 12.3 Å². The number of nitrogens with zero attached hydrogens (tertiary/aromatic N) is 1. The van der Waals surface area contributed by atoms with Crippen molar-refractivity contribution in [1.29, 1.82) is 0 Å². The van der Waals surface area contributed by atoms with E-state index in [2.05, 4.69) is 15.6 Å². The molecule has 0 fully saturated rings. The van der Waals surface area contributed by atoms with E-state index in [1.165, 1.54) is 6.07 Å². The molecule has 0 atom stereocenters. The average Bonchev–Trinajstić information content (AvgIpc) is 2.49. The number of anilines is 1. The highest BCUT2D eigenvalue weighted by molar-refractivity contribution is 5.98. The number of methoxy groups -OCH3 is 1. The molecule has 0 saturated carbocycles. The number of carbonyl (C=O) groups excluding carboxylic acids is 1. The minimum atomic E-state index is -0.512. The lowest BCUT2D eigenvalue weighted by Crippen LogP contribution is -2.26. The minimum absolute atomic E-state index is 0.250. The lowest BCUT2D eigenvalue weighted by Gasteiger charge is -2.11. The van der Waals surface area contributed by atoms with Gasteiger partial charge in [-0.1, -0.05) is 6.92 Å². The van der Waals surface area contributed by atoms with E-state index in [-0.39, 0.29) is 11.5 Å². The number of halogens is 1. The van der Waals surface area contributed by atoms with Crippen molar-refractivity contribution in [2.75, 3.05) is 32.1 Å². The predicted molar refractivity (Wildman–Crippen MR) is 81.0 cm³/mol. The number of rotatable bonds is 10. The zero-order chi connectivity index (χ0) is 15.5. The molecule has 0 radical (unpaired) electrons. The summed E-state index contributed by atoms with van der Waals surface area (Å²) in [5.41, 5.74) is 0.250. The number of ether oxygens (including phenoxy) is 1. The second-order valence-electron chi connectivity index (χ2n) is 4.79. The number of unbranched alkanes of at least 4 members (excludes halogenated alkanes) is 2. The summed E-state index contributed by atoms with van der Waals surface area (Å²) in [5.74, 6) is -0.384. The Morgan fingerprint density at radius 2 is 2.14 bits per heavy atom. The van der Waals surface area contributed by atoms with Crippen LogP contribution in [0, 0.1) is 5.82 Å². The summed E-state index contributed by atoms with van der Waals surface area (Å²) in [4.78, 5) is 16.0. The molecule has 0 aliphatic rings. The van der Waals surface area contributed by atoms with Gasteiger partial charge < -0.3 is 15.4 Å². The van der Waals surface area contributed by atoms with Crippen LogP contribution < -0.4 is 10.6 Å². The molecule has 1 aromatic heterocycles. The molecule has 0 saturated heterocycles. The van der Waals surface area contributed by atoms with E-state index in [1.54, 1.807) is 7.11 Å². The van der Waals surface area contributed by atoms with Crippen molar-refractivity contribution in [1.82, 2.24) is 10.3 Å². The van der Waals surface area contributed by atoms with Crippen molar-refractivity contribution in [3.05, 3.63) is 23.6 Å². The van der Waals surface area contributed by atoms with E-state index >= 15 is 0 Å². The molecule has 6 heteroatoms. The van der Waals surface area contributed by atoms with Crippen molar-refractivity contribution >= 4 is 11.7 Å². The summed E-state index contributed by atoms with van der Waals surface area (Å²) >= 11 is 0. The maximum atomic E-state index is 13.3. The molecule has 1 rings (SSSR count). The third-order valence-electron chi connectivity index (χ3n) is 2.95. The van der Waals surface area contributed by atoms with Crippen LogP contribution in [0.1, 0.15) is 43.0 Å². The fraction of sp³-hybridized carbons (Fsp3) is 0.600. The first-order valence-corrected chi connectivity index (χ1v) is 7.35. The van der Waals surface area contributed by atoms with Gasteiger partial charge in [0.1, 0.15) is 11.6 Å². The fourth-order valence-corrected chi connectivity index (χ4v) is 1.84. The number of hydrogen-bond donors (Lipinski definition) is 2. The van der Waals surface area contributed by atoms with Crippen LogP contribution in [-0.4, -0.2) is 37.7 Å². The van der Waals surface area contributed by atoms with Crippen molar-refractivity contribution in [2.45, 2.75) is 32.6 Å². The summed E-state index contributed by atoms with van der Waals surface area (Å²) in [6, 6.07) is 1.21. The van der Waals surface area contributed by atoms with E-state index < -0.39 is 5.82 Å². The van der Waals surface area contributed by atoms with Crippen LogP contribution in [0.2, 0.25) is 0 Å². The molecule has 118 valence electrons. The van der Waals surface area contributed by atoms with E-state index in [4.69, 9.17) is 4.74 Å². The van der Waals surface area contributed by atoms with E-state index in [9.17, 15) is 9.18 Å². The first kappa shape index (κ1) is 17.4. The van der Waals surface area contributed by atoms with Gasteiger partial charge >= 0.3 is 0 Å². The monoisotopic (exact) mass is 297 g/mol. The Morgan fingerprint density at radius 1 is 1.33 bits per heavy atom. The molecular weight excluding hydrogens is 273 g/mol. The maximum absolute atomic E-state index is 13.3. The van der Waals surface area contributed by atoms with Crippen molar-refractivity contribution in [3.8, 4) is 0 Å². The molecule has 21 heavy (non-hydrogen) atoms. The topological polar surface area (TPSA) is 63.2 Å².